The zero-order chi connectivity index (χ0) is 17.5. The van der Waals surface area contributed by atoms with Crippen LogP contribution in [0.25, 0.3) is 6.08 Å². The number of carboxylic acid groups (broad SMARTS) is 1. The van der Waals surface area contributed by atoms with E-state index in [0.717, 1.165) is 0 Å². The van der Waals surface area contributed by atoms with Gasteiger partial charge in [0, 0.05) is 11.6 Å². The minimum absolute atomic E-state index is 0.268. The van der Waals surface area contributed by atoms with Crippen LogP contribution in [-0.2, 0) is 4.79 Å². The maximum absolute atomic E-state index is 12.2. The van der Waals surface area contributed by atoms with Gasteiger partial charge < -0.3 is 19.6 Å². The fourth-order valence-corrected chi connectivity index (χ4v) is 1.83. The number of amides is 1. The van der Waals surface area contributed by atoms with Crippen molar-refractivity contribution in [3.63, 3.8) is 0 Å². The van der Waals surface area contributed by atoms with E-state index in [1.807, 2.05) is 13.8 Å². The van der Waals surface area contributed by atoms with Gasteiger partial charge in [0.1, 0.15) is 17.2 Å². The number of aliphatic carboxylic acids is 1. The third-order valence-electron chi connectivity index (χ3n) is 3.01. The van der Waals surface area contributed by atoms with E-state index in [1.54, 1.807) is 36.4 Å². The molecule has 0 saturated carbocycles. The molecule has 1 aromatic heterocycles. The van der Waals surface area contributed by atoms with Crippen molar-refractivity contribution < 1.29 is 23.8 Å². The average molecular weight is 329 g/mol. The molecule has 0 radical (unpaired) electrons. The van der Waals surface area contributed by atoms with Crippen LogP contribution in [0.3, 0.4) is 0 Å². The first-order valence-corrected chi connectivity index (χ1v) is 7.48. The zero-order valence-corrected chi connectivity index (χ0v) is 13.5. The minimum Gasteiger partial charge on any atom is -0.493 e. The van der Waals surface area contributed by atoms with Crippen molar-refractivity contribution in [2.24, 2.45) is 5.92 Å². The number of carbonyl (C=O) groups excluding carboxylic acids is 1. The molecule has 1 aromatic carbocycles. The topological polar surface area (TPSA) is 88.8 Å². The molecule has 0 aliphatic rings. The summed E-state index contributed by atoms with van der Waals surface area (Å²) in [5.74, 6) is -0.380. The van der Waals surface area contributed by atoms with Gasteiger partial charge in [0.25, 0.3) is 5.91 Å². The van der Waals surface area contributed by atoms with E-state index in [0.29, 0.717) is 29.6 Å². The summed E-state index contributed by atoms with van der Waals surface area (Å²) in [5, 5.41) is 11.6. The lowest BCUT2D eigenvalue weighted by Crippen LogP contribution is -2.27. The van der Waals surface area contributed by atoms with Crippen LogP contribution in [0.1, 0.15) is 30.0 Å². The molecule has 0 bridgehead atoms. The zero-order valence-electron chi connectivity index (χ0n) is 13.5. The lowest BCUT2D eigenvalue weighted by atomic mass is 10.2. The Kier molecular flexibility index (Phi) is 5.78. The summed E-state index contributed by atoms with van der Waals surface area (Å²) in [4.78, 5) is 23.4. The summed E-state index contributed by atoms with van der Waals surface area (Å²) in [5.41, 5.74) is 0.0635. The Morgan fingerprint density at radius 1 is 1.25 bits per heavy atom. The van der Waals surface area contributed by atoms with Gasteiger partial charge >= 0.3 is 5.97 Å². The van der Waals surface area contributed by atoms with Crippen LogP contribution in [0.2, 0.25) is 0 Å². The van der Waals surface area contributed by atoms with Gasteiger partial charge in [0.05, 0.1) is 12.9 Å². The number of nitrogens with one attached hydrogen (secondary N) is 1. The SMILES string of the molecule is CC(C)COc1ccc(C(=O)NC(=Cc2ccco2)C(=O)O)cc1. The highest BCUT2D eigenvalue weighted by Crippen LogP contribution is 2.14. The van der Waals surface area contributed by atoms with Crippen molar-refractivity contribution in [1.82, 2.24) is 5.32 Å². The molecule has 0 saturated heterocycles. The van der Waals surface area contributed by atoms with Gasteiger partial charge in [0.15, 0.2) is 0 Å². The molecule has 0 aliphatic heterocycles. The van der Waals surface area contributed by atoms with Crippen molar-refractivity contribution in [1.29, 1.82) is 0 Å². The van der Waals surface area contributed by atoms with Crippen LogP contribution < -0.4 is 10.1 Å². The third-order valence-corrected chi connectivity index (χ3v) is 3.01. The van der Waals surface area contributed by atoms with E-state index in [4.69, 9.17) is 9.15 Å². The summed E-state index contributed by atoms with van der Waals surface area (Å²) in [6.07, 6.45) is 2.67. The molecule has 0 spiro atoms. The molecule has 24 heavy (non-hydrogen) atoms. The van der Waals surface area contributed by atoms with Gasteiger partial charge in [-0.2, -0.15) is 0 Å². The molecule has 2 N–H and O–H groups in total. The highest BCUT2D eigenvalue weighted by Gasteiger charge is 2.14. The molecule has 0 aliphatic carbocycles. The average Bonchev–Trinajstić information content (AvgIpc) is 3.05. The Bertz CT molecular complexity index is 714. The molecule has 1 heterocycles. The van der Waals surface area contributed by atoms with Gasteiger partial charge in [-0.3, -0.25) is 4.79 Å². The lowest BCUT2D eigenvalue weighted by Gasteiger charge is -2.09. The molecule has 0 atom stereocenters. The van der Waals surface area contributed by atoms with Crippen LogP contribution in [0.5, 0.6) is 5.75 Å². The molecule has 0 unspecified atom stereocenters. The standard InChI is InChI=1S/C18H19NO5/c1-12(2)11-24-14-7-5-13(6-8-14)17(20)19-16(18(21)22)10-15-4-3-9-23-15/h3-10,12H,11H2,1-2H3,(H,19,20)(H,21,22). The number of benzene rings is 1. The molecule has 6 nitrogen and oxygen atoms in total. The van der Waals surface area contributed by atoms with Crippen LogP contribution in [0, 0.1) is 5.92 Å². The number of hydrogen-bond acceptors (Lipinski definition) is 4. The fourth-order valence-electron chi connectivity index (χ4n) is 1.83. The molecule has 0 fully saturated rings. The second-order valence-electron chi connectivity index (χ2n) is 5.56. The predicted octanol–water partition coefficient (Wildman–Crippen LogP) is 3.17. The normalized spacial score (nSPS) is 11.4. The van der Waals surface area contributed by atoms with E-state index < -0.39 is 11.9 Å². The van der Waals surface area contributed by atoms with Crippen LogP contribution in [0.4, 0.5) is 0 Å². The summed E-state index contributed by atoms with van der Waals surface area (Å²) >= 11 is 0. The monoisotopic (exact) mass is 329 g/mol. The maximum atomic E-state index is 12.2. The first kappa shape index (κ1) is 17.3. The lowest BCUT2D eigenvalue weighted by molar-refractivity contribution is -0.132. The third kappa shape index (κ3) is 5.01. The molecular weight excluding hydrogens is 310 g/mol. The van der Waals surface area contributed by atoms with Crippen LogP contribution >= 0.6 is 0 Å². The Morgan fingerprint density at radius 2 is 1.96 bits per heavy atom. The summed E-state index contributed by atoms with van der Waals surface area (Å²) in [6, 6.07) is 9.73. The van der Waals surface area contributed by atoms with E-state index in [-0.39, 0.29) is 5.70 Å². The minimum atomic E-state index is -1.25. The smallest absolute Gasteiger partial charge is 0.352 e. The number of rotatable bonds is 7. The number of hydrogen-bond donors (Lipinski definition) is 2. The van der Waals surface area contributed by atoms with Crippen molar-refractivity contribution in [2.75, 3.05) is 6.61 Å². The first-order valence-electron chi connectivity index (χ1n) is 7.48. The highest BCUT2D eigenvalue weighted by molar-refractivity contribution is 6.02. The van der Waals surface area contributed by atoms with Crippen LogP contribution in [0.15, 0.2) is 52.8 Å². The predicted molar refractivity (Wildman–Crippen MR) is 88.6 cm³/mol. The van der Waals surface area contributed by atoms with Crippen molar-refractivity contribution in [3.05, 3.63) is 59.7 Å². The summed E-state index contributed by atoms with van der Waals surface area (Å²) < 4.78 is 10.6. The summed E-state index contributed by atoms with van der Waals surface area (Å²) in [6.45, 7) is 4.67. The van der Waals surface area contributed by atoms with Gasteiger partial charge in [-0.25, -0.2) is 4.79 Å². The summed E-state index contributed by atoms with van der Waals surface area (Å²) in [7, 11) is 0. The Labute approximate surface area is 139 Å². The van der Waals surface area contributed by atoms with Gasteiger partial charge in [-0.15, -0.1) is 0 Å². The number of ether oxygens (including phenoxy) is 1. The maximum Gasteiger partial charge on any atom is 0.352 e. The Balaban J connectivity index is 2.06. The van der Waals surface area contributed by atoms with Gasteiger partial charge in [-0.05, 0) is 42.3 Å². The van der Waals surface area contributed by atoms with Crippen molar-refractivity contribution in [3.8, 4) is 5.75 Å². The molecule has 126 valence electrons. The second-order valence-corrected chi connectivity index (χ2v) is 5.56. The van der Waals surface area contributed by atoms with Gasteiger partial charge in [-0.1, -0.05) is 13.8 Å². The molecule has 1 amide bonds. The van der Waals surface area contributed by atoms with Crippen molar-refractivity contribution in [2.45, 2.75) is 13.8 Å². The number of carbonyl (C=O) groups is 2. The second kappa shape index (κ2) is 8.01. The number of carboxylic acids is 1. The Morgan fingerprint density at radius 3 is 2.50 bits per heavy atom. The van der Waals surface area contributed by atoms with Gasteiger partial charge in [0.2, 0.25) is 0 Å². The molecule has 6 heteroatoms. The van der Waals surface area contributed by atoms with Crippen LogP contribution in [-0.4, -0.2) is 23.6 Å². The molecular formula is C18H19NO5. The molecule has 2 rings (SSSR count). The highest BCUT2D eigenvalue weighted by atomic mass is 16.5. The molecule has 2 aromatic rings. The largest absolute Gasteiger partial charge is 0.493 e. The Hall–Kier alpha value is -3.02. The quantitative estimate of drug-likeness (QED) is 0.762. The first-order chi connectivity index (χ1) is 11.5. The van der Waals surface area contributed by atoms with E-state index in [9.17, 15) is 14.7 Å². The fraction of sp³-hybridized carbons (Fsp3) is 0.222. The van der Waals surface area contributed by atoms with E-state index >= 15 is 0 Å². The van der Waals surface area contributed by atoms with Crippen molar-refractivity contribution >= 4 is 18.0 Å². The van der Waals surface area contributed by atoms with E-state index in [1.165, 1.54) is 12.3 Å². The van der Waals surface area contributed by atoms with E-state index in [2.05, 4.69) is 5.32 Å². The number of furan rings is 1.